The molecule has 1 aliphatic heterocycles. The van der Waals surface area contributed by atoms with Gasteiger partial charge in [0.15, 0.2) is 0 Å². The highest BCUT2D eigenvalue weighted by molar-refractivity contribution is 6.59. The molecule has 1 heterocycles. The Balaban J connectivity index is 2.16. The summed E-state index contributed by atoms with van der Waals surface area (Å²) in [6.45, 7) is -2.91. The van der Waals surface area contributed by atoms with Gasteiger partial charge in [0.1, 0.15) is 0 Å². The van der Waals surface area contributed by atoms with E-state index in [9.17, 15) is 15.2 Å². The Hall–Kier alpha value is -1.04. The lowest BCUT2D eigenvalue weighted by molar-refractivity contribution is 0.214. The second-order valence-electron chi connectivity index (χ2n) is 4.91. The van der Waals surface area contributed by atoms with Gasteiger partial charge in [-0.2, -0.15) is 0 Å². The van der Waals surface area contributed by atoms with Crippen LogP contribution in [0.1, 0.15) is 24.0 Å². The summed E-state index contributed by atoms with van der Waals surface area (Å²) in [5.74, 6) is 0.471. The number of para-hydroxylation sites is 1. The fraction of sp³-hybridized carbons (Fsp3) is 0.455. The predicted molar refractivity (Wildman–Crippen MR) is 58.9 cm³/mol. The molecule has 1 aromatic rings. The lowest BCUT2D eigenvalue weighted by Crippen LogP contribution is -2.49. The summed E-state index contributed by atoms with van der Waals surface area (Å²) >= 11 is 0. The molecule has 1 fully saturated rings. The van der Waals surface area contributed by atoms with Crippen molar-refractivity contribution in [1.82, 2.24) is 0 Å². The van der Waals surface area contributed by atoms with Crippen LogP contribution in [0.15, 0.2) is 18.2 Å². The van der Waals surface area contributed by atoms with Gasteiger partial charge in [0.2, 0.25) is 0 Å². The maximum Gasteiger partial charge on any atom is 0.431 e. The van der Waals surface area contributed by atoms with Crippen molar-refractivity contribution in [3.05, 3.63) is 29.3 Å². The molecule has 86 valence electrons. The summed E-state index contributed by atoms with van der Waals surface area (Å²) in [4.78, 5) is 0. The van der Waals surface area contributed by atoms with Crippen LogP contribution in [0, 0.1) is 0 Å². The van der Waals surface area contributed by atoms with Crippen molar-refractivity contribution in [1.29, 1.82) is 0 Å². The zero-order chi connectivity index (χ0) is 11.4. The van der Waals surface area contributed by atoms with E-state index in [4.69, 9.17) is 4.65 Å². The summed E-state index contributed by atoms with van der Waals surface area (Å²) in [5.41, 5.74) is 1.51. The van der Waals surface area contributed by atoms with Gasteiger partial charge in [0, 0.05) is 5.56 Å². The molecule has 0 aromatic heterocycles. The minimum atomic E-state index is -2.76. The summed E-state index contributed by atoms with van der Waals surface area (Å²) in [6.07, 6.45) is 2.20. The Kier molecular flexibility index (Phi) is 1.90. The standard InChI is InChI=1S/C11H14BO4/c13-6-8-2-1-3-9-10(8)16-12(14,15)7-11(9)4-5-11/h1-3,13-15H,4-7H2/q-1. The van der Waals surface area contributed by atoms with Crippen molar-refractivity contribution in [2.75, 3.05) is 0 Å². The third kappa shape index (κ3) is 1.36. The molecule has 0 bridgehead atoms. The molecule has 5 heteroatoms. The summed E-state index contributed by atoms with van der Waals surface area (Å²) < 4.78 is 5.23. The molecule has 1 aromatic carbocycles. The Morgan fingerprint density at radius 3 is 2.69 bits per heavy atom. The number of fused-ring (bicyclic) bond motifs is 2. The number of aliphatic hydroxyl groups is 1. The molecule has 16 heavy (non-hydrogen) atoms. The summed E-state index contributed by atoms with van der Waals surface area (Å²) in [5, 5.41) is 28.7. The number of hydrogen-bond acceptors (Lipinski definition) is 4. The Bertz CT molecular complexity index is 440. The van der Waals surface area contributed by atoms with E-state index in [1.807, 2.05) is 12.1 Å². The zero-order valence-corrected chi connectivity index (χ0v) is 8.89. The monoisotopic (exact) mass is 221 g/mol. The maximum atomic E-state index is 9.73. The molecule has 2 aliphatic rings. The highest BCUT2D eigenvalue weighted by atomic mass is 16.6. The van der Waals surface area contributed by atoms with Crippen LogP contribution in [0.4, 0.5) is 0 Å². The Morgan fingerprint density at radius 1 is 1.31 bits per heavy atom. The van der Waals surface area contributed by atoms with Crippen molar-refractivity contribution in [2.45, 2.75) is 31.2 Å². The van der Waals surface area contributed by atoms with Crippen LogP contribution in [0.3, 0.4) is 0 Å². The van der Waals surface area contributed by atoms with Crippen molar-refractivity contribution < 1.29 is 19.8 Å². The lowest BCUT2D eigenvalue weighted by Gasteiger charge is -2.42. The molecule has 0 amide bonds. The van der Waals surface area contributed by atoms with Crippen molar-refractivity contribution in [3.63, 3.8) is 0 Å². The second-order valence-corrected chi connectivity index (χ2v) is 4.91. The maximum absolute atomic E-state index is 9.73. The van der Waals surface area contributed by atoms with Gasteiger partial charge in [0.05, 0.1) is 12.4 Å². The van der Waals surface area contributed by atoms with E-state index in [0.29, 0.717) is 11.3 Å². The Morgan fingerprint density at radius 2 is 2.06 bits per heavy atom. The van der Waals surface area contributed by atoms with E-state index in [0.717, 1.165) is 18.4 Å². The van der Waals surface area contributed by atoms with Crippen molar-refractivity contribution >= 4 is 6.75 Å². The fourth-order valence-corrected chi connectivity index (χ4v) is 2.74. The van der Waals surface area contributed by atoms with E-state index in [1.165, 1.54) is 0 Å². The van der Waals surface area contributed by atoms with E-state index in [-0.39, 0.29) is 18.3 Å². The minimum Gasteiger partial charge on any atom is -0.670 e. The minimum absolute atomic E-state index is 0.123. The van der Waals surface area contributed by atoms with Gasteiger partial charge in [-0.1, -0.05) is 24.5 Å². The molecule has 0 unspecified atom stereocenters. The predicted octanol–water partition coefficient (Wildman–Crippen LogP) is 0.526. The first-order chi connectivity index (χ1) is 7.56. The molecule has 1 aliphatic carbocycles. The highest BCUT2D eigenvalue weighted by Gasteiger charge is 2.52. The SMILES string of the molecule is OCc1cccc2c1O[B-](O)(O)CC21CC1. The van der Waals surface area contributed by atoms with Gasteiger partial charge in [-0.05, 0) is 23.8 Å². The summed E-state index contributed by atoms with van der Waals surface area (Å²) in [7, 11) is 0. The molecule has 4 nitrogen and oxygen atoms in total. The second kappa shape index (κ2) is 3.00. The quantitative estimate of drug-likeness (QED) is 0.605. The Labute approximate surface area is 93.5 Å². The van der Waals surface area contributed by atoms with E-state index < -0.39 is 6.75 Å². The van der Waals surface area contributed by atoms with Crippen LogP contribution in [-0.2, 0) is 12.0 Å². The largest absolute Gasteiger partial charge is 0.670 e. The molecular formula is C11H14BO4-. The molecule has 1 saturated carbocycles. The summed E-state index contributed by atoms with van der Waals surface area (Å²) in [6, 6.07) is 5.57. The normalized spacial score (nSPS) is 23.7. The van der Waals surface area contributed by atoms with Gasteiger partial charge < -0.3 is 19.8 Å². The van der Waals surface area contributed by atoms with Crippen LogP contribution in [0.2, 0.25) is 6.32 Å². The van der Waals surface area contributed by atoms with Crippen molar-refractivity contribution in [2.24, 2.45) is 0 Å². The van der Waals surface area contributed by atoms with Gasteiger partial charge in [-0.25, -0.2) is 0 Å². The van der Waals surface area contributed by atoms with Gasteiger partial charge in [-0.3, -0.25) is 0 Å². The molecule has 3 N–H and O–H groups in total. The van der Waals surface area contributed by atoms with Gasteiger partial charge in [-0.15, -0.1) is 0 Å². The molecule has 1 spiro atoms. The first-order valence-electron chi connectivity index (χ1n) is 5.59. The topological polar surface area (TPSA) is 69.9 Å². The van der Waals surface area contributed by atoms with E-state index in [1.54, 1.807) is 6.07 Å². The third-order valence-corrected chi connectivity index (χ3v) is 3.66. The van der Waals surface area contributed by atoms with Crippen LogP contribution < -0.4 is 4.65 Å². The smallest absolute Gasteiger partial charge is 0.431 e. The molecule has 0 saturated heterocycles. The lowest BCUT2D eigenvalue weighted by atomic mass is 9.63. The van der Waals surface area contributed by atoms with E-state index in [2.05, 4.69) is 0 Å². The van der Waals surface area contributed by atoms with Crippen LogP contribution in [-0.4, -0.2) is 21.9 Å². The number of aliphatic hydroxyl groups excluding tert-OH is 1. The first kappa shape index (κ1) is 10.1. The van der Waals surface area contributed by atoms with Crippen LogP contribution in [0.5, 0.6) is 5.75 Å². The first-order valence-corrected chi connectivity index (χ1v) is 5.59. The fourth-order valence-electron chi connectivity index (χ4n) is 2.74. The van der Waals surface area contributed by atoms with Crippen molar-refractivity contribution in [3.8, 4) is 5.75 Å². The van der Waals surface area contributed by atoms with Crippen LogP contribution in [0.25, 0.3) is 0 Å². The molecular weight excluding hydrogens is 207 g/mol. The molecule has 0 atom stereocenters. The average molecular weight is 221 g/mol. The van der Waals surface area contributed by atoms with Gasteiger partial charge in [0.25, 0.3) is 0 Å². The number of rotatable bonds is 1. The van der Waals surface area contributed by atoms with E-state index >= 15 is 0 Å². The number of benzene rings is 1. The highest BCUT2D eigenvalue weighted by Crippen LogP contribution is 2.58. The number of hydrogen-bond donors (Lipinski definition) is 3. The molecule has 3 rings (SSSR count). The zero-order valence-electron chi connectivity index (χ0n) is 8.89. The molecule has 0 radical (unpaired) electrons. The average Bonchev–Trinajstić information content (AvgIpc) is 2.96. The van der Waals surface area contributed by atoms with Crippen LogP contribution >= 0.6 is 0 Å². The van der Waals surface area contributed by atoms with Gasteiger partial charge >= 0.3 is 6.75 Å². The third-order valence-electron chi connectivity index (χ3n) is 3.66.